The van der Waals surface area contributed by atoms with Crippen LogP contribution >= 0.6 is 11.3 Å². The highest BCUT2D eigenvalue weighted by Gasteiger charge is 2.36. The second kappa shape index (κ2) is 8.46. The van der Waals surface area contributed by atoms with Gasteiger partial charge in [0.2, 0.25) is 0 Å². The Balaban J connectivity index is 0.000000334. The Bertz CT molecular complexity index is 1280. The van der Waals surface area contributed by atoms with Crippen LogP contribution in [-0.4, -0.2) is 49.9 Å². The average molecular weight is 441 g/mol. The summed E-state index contributed by atoms with van der Waals surface area (Å²) < 4.78 is 13.3. The number of ketones is 1. The van der Waals surface area contributed by atoms with Crippen LogP contribution in [0.4, 0.5) is 9.52 Å². The van der Waals surface area contributed by atoms with Crippen molar-refractivity contribution in [2.75, 3.05) is 12.4 Å². The molecular formula is C21H21FN6O2S. The zero-order valence-corrected chi connectivity index (χ0v) is 18.1. The summed E-state index contributed by atoms with van der Waals surface area (Å²) in [5.74, 6) is -0.208. The summed E-state index contributed by atoms with van der Waals surface area (Å²) in [6.07, 6.45) is 4.04. The van der Waals surface area contributed by atoms with Crippen molar-refractivity contribution < 1.29 is 14.0 Å². The maximum absolute atomic E-state index is 11.9. The Hall–Kier alpha value is -3.27. The first-order valence-electron chi connectivity index (χ1n) is 9.87. The number of aromatic nitrogens is 5. The topological polar surface area (TPSA) is 102 Å². The second-order valence-corrected chi connectivity index (χ2v) is 8.20. The van der Waals surface area contributed by atoms with Gasteiger partial charge in [-0.2, -0.15) is 5.10 Å². The summed E-state index contributed by atoms with van der Waals surface area (Å²) in [7, 11) is 1.84. The number of Topliss-reactive ketones (excluding diaryl/α,β-unsaturated/α-hetero) is 1. The third-order valence-corrected chi connectivity index (χ3v) is 6.12. The first-order chi connectivity index (χ1) is 15.0. The van der Waals surface area contributed by atoms with Crippen LogP contribution in [-0.2, 0) is 4.79 Å². The predicted molar refractivity (Wildman–Crippen MR) is 117 cm³/mol. The van der Waals surface area contributed by atoms with Crippen molar-refractivity contribution in [2.45, 2.75) is 32.9 Å². The van der Waals surface area contributed by atoms with Gasteiger partial charge in [-0.3, -0.25) is 9.78 Å². The Morgan fingerprint density at radius 1 is 1.35 bits per heavy atom. The lowest BCUT2D eigenvalue weighted by Crippen LogP contribution is -2.02. The van der Waals surface area contributed by atoms with Crippen molar-refractivity contribution in [3.63, 3.8) is 0 Å². The van der Waals surface area contributed by atoms with E-state index in [9.17, 15) is 14.0 Å². The smallest absolute Gasteiger partial charge is 0.185 e. The molecule has 160 valence electrons. The van der Waals surface area contributed by atoms with Gasteiger partial charge in [0.25, 0.3) is 0 Å². The number of halogens is 1. The standard InChI is InChI=1S/C17H16N6OS.C4H5FO/c1-4-14(24)12-5-9(2)11(7-19-12)10-6-13-16(25-17(18-3)22-13)23-15(10)20-8-21-23;5-4-1-3(4)2-6/h5-8H,4H2,1-3H3,(H,18,22);2-4H,1H2. The first-order valence-corrected chi connectivity index (χ1v) is 10.7. The maximum atomic E-state index is 11.9. The number of pyridine rings is 2. The van der Waals surface area contributed by atoms with Crippen LogP contribution in [0.25, 0.3) is 27.1 Å². The third kappa shape index (κ3) is 4.02. The molecule has 4 aromatic rings. The summed E-state index contributed by atoms with van der Waals surface area (Å²) >= 11 is 1.53. The molecule has 10 heteroatoms. The maximum Gasteiger partial charge on any atom is 0.185 e. The van der Waals surface area contributed by atoms with Crippen LogP contribution in [0.2, 0.25) is 0 Å². The number of thiazole rings is 1. The molecule has 4 heterocycles. The molecule has 0 bridgehead atoms. The molecule has 0 radical (unpaired) electrons. The monoisotopic (exact) mass is 440 g/mol. The van der Waals surface area contributed by atoms with E-state index in [2.05, 4.69) is 25.4 Å². The number of nitrogens with zero attached hydrogens (tertiary/aromatic N) is 5. The van der Waals surface area contributed by atoms with Crippen molar-refractivity contribution in [1.82, 2.24) is 24.6 Å². The summed E-state index contributed by atoms with van der Waals surface area (Å²) in [4.78, 5) is 35.7. The van der Waals surface area contributed by atoms with Crippen molar-refractivity contribution in [1.29, 1.82) is 0 Å². The van der Waals surface area contributed by atoms with Crippen molar-refractivity contribution in [3.8, 4) is 11.1 Å². The number of carbonyl (C=O) groups excluding carboxylic acids is 2. The van der Waals surface area contributed by atoms with Gasteiger partial charge in [-0.25, -0.2) is 18.9 Å². The van der Waals surface area contributed by atoms with Gasteiger partial charge in [0.1, 0.15) is 34.8 Å². The largest absolute Gasteiger partial charge is 0.365 e. The molecule has 0 amide bonds. The summed E-state index contributed by atoms with van der Waals surface area (Å²) in [5.41, 5.74) is 4.88. The highest BCUT2D eigenvalue weighted by atomic mass is 32.1. The number of hydrogen-bond donors (Lipinski definition) is 1. The Kier molecular flexibility index (Phi) is 5.73. The van der Waals surface area contributed by atoms with E-state index in [0.29, 0.717) is 24.8 Å². The van der Waals surface area contributed by atoms with E-state index in [1.165, 1.54) is 17.7 Å². The van der Waals surface area contributed by atoms with Crippen molar-refractivity contribution in [2.24, 2.45) is 5.92 Å². The van der Waals surface area contributed by atoms with E-state index in [1.54, 1.807) is 10.7 Å². The highest BCUT2D eigenvalue weighted by molar-refractivity contribution is 7.21. The van der Waals surface area contributed by atoms with Crippen LogP contribution in [0.3, 0.4) is 0 Å². The molecule has 0 saturated heterocycles. The van der Waals surface area contributed by atoms with Crippen LogP contribution in [0.1, 0.15) is 35.8 Å². The minimum absolute atomic E-state index is 0.0379. The fourth-order valence-corrected chi connectivity index (χ4v) is 4.00. The Labute approximate surface area is 181 Å². The van der Waals surface area contributed by atoms with E-state index in [-0.39, 0.29) is 11.7 Å². The summed E-state index contributed by atoms with van der Waals surface area (Å²) in [6, 6.07) is 3.83. The number of fused-ring (bicyclic) bond motifs is 3. The highest BCUT2D eigenvalue weighted by Crippen LogP contribution is 2.33. The van der Waals surface area contributed by atoms with Gasteiger partial charge >= 0.3 is 0 Å². The minimum atomic E-state index is -0.803. The number of aryl methyl sites for hydroxylation is 1. The molecular weight excluding hydrogens is 419 g/mol. The van der Waals surface area contributed by atoms with Gasteiger partial charge in [-0.05, 0) is 31.0 Å². The molecule has 0 aromatic carbocycles. The molecule has 2 unspecified atom stereocenters. The molecule has 1 aliphatic carbocycles. The number of carbonyl (C=O) groups is 2. The second-order valence-electron chi connectivity index (χ2n) is 7.23. The van der Waals surface area contributed by atoms with Crippen molar-refractivity contribution in [3.05, 3.63) is 35.9 Å². The fraction of sp³-hybridized carbons (Fsp3) is 0.333. The summed E-state index contributed by atoms with van der Waals surface area (Å²) in [6.45, 7) is 3.81. The number of nitrogens with one attached hydrogen (secondary N) is 1. The molecule has 1 saturated carbocycles. The van der Waals surface area contributed by atoms with Crippen LogP contribution in [0.5, 0.6) is 0 Å². The molecule has 5 rings (SSSR count). The normalized spacial score (nSPS) is 17.3. The van der Waals surface area contributed by atoms with Gasteiger partial charge < -0.3 is 10.1 Å². The van der Waals surface area contributed by atoms with E-state index in [1.807, 2.05) is 33.0 Å². The lowest BCUT2D eigenvalue weighted by atomic mass is 10.0. The lowest BCUT2D eigenvalue weighted by Gasteiger charge is -2.08. The predicted octanol–water partition coefficient (Wildman–Crippen LogP) is 3.89. The molecule has 4 aromatic heterocycles. The van der Waals surface area contributed by atoms with Gasteiger partial charge in [0, 0.05) is 36.7 Å². The number of hydrogen-bond acceptors (Lipinski definition) is 8. The third-order valence-electron chi connectivity index (χ3n) is 5.05. The fourth-order valence-electron chi connectivity index (χ4n) is 3.14. The molecule has 1 aliphatic rings. The number of alkyl halides is 1. The number of anilines is 1. The molecule has 1 N–H and O–H groups in total. The SMILES string of the molecule is CCC(=O)c1cc(C)c(-c2cc3nc(NC)sc3n3ncnc23)cn1.O=CC1CC1F. The molecule has 0 spiro atoms. The van der Waals surface area contributed by atoms with E-state index in [4.69, 9.17) is 0 Å². The van der Waals surface area contributed by atoms with Crippen LogP contribution in [0, 0.1) is 12.8 Å². The van der Waals surface area contributed by atoms with Crippen LogP contribution < -0.4 is 5.32 Å². The Morgan fingerprint density at radius 2 is 2.13 bits per heavy atom. The van der Waals surface area contributed by atoms with Gasteiger partial charge in [0.05, 0.1) is 0 Å². The zero-order valence-electron chi connectivity index (χ0n) is 17.3. The van der Waals surface area contributed by atoms with Gasteiger partial charge in [-0.15, -0.1) is 0 Å². The minimum Gasteiger partial charge on any atom is -0.365 e. The van der Waals surface area contributed by atoms with Crippen LogP contribution in [0.15, 0.2) is 24.7 Å². The Morgan fingerprint density at radius 3 is 2.71 bits per heavy atom. The van der Waals surface area contributed by atoms with Gasteiger partial charge in [-0.1, -0.05) is 18.3 Å². The molecule has 0 aliphatic heterocycles. The molecule has 31 heavy (non-hydrogen) atoms. The zero-order chi connectivity index (χ0) is 22.1. The number of rotatable bonds is 5. The molecule has 2 atom stereocenters. The van der Waals surface area contributed by atoms with E-state index >= 15 is 0 Å². The number of aldehydes is 1. The summed E-state index contributed by atoms with van der Waals surface area (Å²) in [5, 5.41) is 8.23. The lowest BCUT2D eigenvalue weighted by molar-refractivity contribution is -0.109. The van der Waals surface area contributed by atoms with Gasteiger partial charge in [0.15, 0.2) is 16.6 Å². The first kappa shape index (κ1) is 21.0. The quantitative estimate of drug-likeness (QED) is 0.371. The van der Waals surface area contributed by atoms with E-state index < -0.39 is 6.17 Å². The molecule has 1 fully saturated rings. The van der Waals surface area contributed by atoms with E-state index in [0.717, 1.165) is 37.8 Å². The molecule has 8 nitrogen and oxygen atoms in total. The average Bonchev–Trinajstić information content (AvgIpc) is 3.15. The van der Waals surface area contributed by atoms with Crippen molar-refractivity contribution >= 4 is 44.5 Å².